The molecule has 0 atom stereocenters. The summed E-state index contributed by atoms with van der Waals surface area (Å²) in [6.45, 7) is 0.167. The van der Waals surface area contributed by atoms with Crippen LogP contribution in [0.3, 0.4) is 0 Å². The van der Waals surface area contributed by atoms with Gasteiger partial charge in [0.25, 0.3) is 9.05 Å². The molecule has 3 rings (SSSR count). The average Bonchev–Trinajstić information content (AvgIpc) is 3.15. The molecule has 0 spiro atoms. The maximum absolute atomic E-state index is 13.8. The quantitative estimate of drug-likeness (QED) is 0.791. The molecule has 0 radical (unpaired) electrons. The van der Waals surface area contributed by atoms with Gasteiger partial charge < -0.3 is 9.30 Å². The van der Waals surface area contributed by atoms with Gasteiger partial charge in [0.15, 0.2) is 11.6 Å². The van der Waals surface area contributed by atoms with E-state index in [2.05, 4.69) is 4.98 Å². The third-order valence-electron chi connectivity index (χ3n) is 3.25. The molecule has 1 aliphatic carbocycles. The fourth-order valence-corrected chi connectivity index (χ4v) is 2.79. The largest absolute Gasteiger partial charge is 0.484 e. The minimum absolute atomic E-state index is 0.0254. The van der Waals surface area contributed by atoms with Crippen molar-refractivity contribution >= 4 is 19.7 Å². The number of benzene rings is 1. The van der Waals surface area contributed by atoms with Gasteiger partial charge in [0.1, 0.15) is 6.61 Å². The second-order valence-corrected chi connectivity index (χ2v) is 7.41. The zero-order chi connectivity index (χ0) is 15.0. The van der Waals surface area contributed by atoms with E-state index >= 15 is 0 Å². The highest BCUT2D eigenvalue weighted by Gasteiger charge is 2.25. The standard InChI is InChI=1S/C13H12ClFN2O3S/c14-21(18,19)11-3-4-13(12(15)5-11)20-7-10-6-16-8-17(10)9-1-2-9/h3-6,8-9H,1-2,7H2. The molecule has 1 aromatic heterocycles. The van der Waals surface area contributed by atoms with Crippen molar-refractivity contribution < 1.29 is 17.5 Å². The maximum atomic E-state index is 13.8. The fourth-order valence-electron chi connectivity index (χ4n) is 2.03. The number of ether oxygens (including phenoxy) is 1. The smallest absolute Gasteiger partial charge is 0.261 e. The number of nitrogens with zero attached hydrogens (tertiary/aromatic N) is 2. The van der Waals surface area contributed by atoms with Crippen molar-refractivity contribution in [2.45, 2.75) is 30.4 Å². The van der Waals surface area contributed by atoms with Crippen molar-refractivity contribution in [2.75, 3.05) is 0 Å². The molecule has 8 heteroatoms. The normalized spacial score (nSPS) is 15.1. The molecular formula is C13H12ClFN2O3S. The van der Waals surface area contributed by atoms with Gasteiger partial charge in [-0.05, 0) is 31.0 Å². The van der Waals surface area contributed by atoms with E-state index in [0.29, 0.717) is 6.04 Å². The number of aromatic nitrogens is 2. The van der Waals surface area contributed by atoms with E-state index in [9.17, 15) is 12.8 Å². The maximum Gasteiger partial charge on any atom is 0.261 e. The molecule has 1 saturated carbocycles. The van der Waals surface area contributed by atoms with Crippen molar-refractivity contribution in [3.63, 3.8) is 0 Å². The summed E-state index contributed by atoms with van der Waals surface area (Å²) < 4.78 is 43.4. The molecule has 1 aliphatic rings. The third-order valence-corrected chi connectivity index (χ3v) is 4.60. The highest BCUT2D eigenvalue weighted by Crippen LogP contribution is 2.35. The second-order valence-electron chi connectivity index (χ2n) is 4.84. The predicted octanol–water partition coefficient (Wildman–Crippen LogP) is 2.86. The Bertz CT molecular complexity index is 771. The Hall–Kier alpha value is -1.60. The summed E-state index contributed by atoms with van der Waals surface area (Å²) in [5.74, 6) is -0.795. The average molecular weight is 331 g/mol. The lowest BCUT2D eigenvalue weighted by Crippen LogP contribution is -2.04. The first-order chi connectivity index (χ1) is 9.95. The molecule has 112 valence electrons. The zero-order valence-electron chi connectivity index (χ0n) is 10.9. The Morgan fingerprint density at radius 2 is 2.19 bits per heavy atom. The van der Waals surface area contributed by atoms with Crippen LogP contribution in [0.5, 0.6) is 5.75 Å². The lowest BCUT2D eigenvalue weighted by atomic mass is 10.3. The monoisotopic (exact) mass is 330 g/mol. The molecule has 0 N–H and O–H groups in total. The third kappa shape index (κ3) is 3.19. The van der Waals surface area contributed by atoms with Crippen LogP contribution < -0.4 is 4.74 Å². The Morgan fingerprint density at radius 1 is 1.43 bits per heavy atom. The number of hydrogen-bond acceptors (Lipinski definition) is 4. The van der Waals surface area contributed by atoms with Crippen LogP contribution in [0.4, 0.5) is 4.39 Å². The highest BCUT2D eigenvalue weighted by atomic mass is 35.7. The van der Waals surface area contributed by atoms with Gasteiger partial charge in [-0.25, -0.2) is 17.8 Å². The topological polar surface area (TPSA) is 61.2 Å². The number of halogens is 2. The van der Waals surface area contributed by atoms with E-state index in [1.54, 1.807) is 12.5 Å². The van der Waals surface area contributed by atoms with E-state index < -0.39 is 14.9 Å². The summed E-state index contributed by atoms with van der Waals surface area (Å²) in [6.07, 6.45) is 5.63. The van der Waals surface area contributed by atoms with E-state index in [0.717, 1.165) is 24.6 Å². The molecule has 21 heavy (non-hydrogen) atoms. The van der Waals surface area contributed by atoms with Crippen molar-refractivity contribution in [1.29, 1.82) is 0 Å². The highest BCUT2D eigenvalue weighted by molar-refractivity contribution is 8.13. The Balaban J connectivity index is 1.74. The van der Waals surface area contributed by atoms with E-state index in [4.69, 9.17) is 15.4 Å². The first-order valence-electron chi connectivity index (χ1n) is 6.33. The summed E-state index contributed by atoms with van der Waals surface area (Å²) in [4.78, 5) is 3.76. The Morgan fingerprint density at radius 3 is 2.81 bits per heavy atom. The van der Waals surface area contributed by atoms with Crippen LogP contribution in [-0.4, -0.2) is 18.0 Å². The van der Waals surface area contributed by atoms with Crippen molar-refractivity contribution in [3.05, 3.63) is 42.2 Å². The summed E-state index contributed by atoms with van der Waals surface area (Å²) in [6, 6.07) is 3.76. The van der Waals surface area contributed by atoms with Crippen LogP contribution >= 0.6 is 10.7 Å². The first-order valence-corrected chi connectivity index (χ1v) is 8.64. The van der Waals surface area contributed by atoms with E-state index in [1.165, 1.54) is 12.1 Å². The number of rotatable bonds is 5. The van der Waals surface area contributed by atoms with Gasteiger partial charge in [0, 0.05) is 16.7 Å². The van der Waals surface area contributed by atoms with E-state index in [1.807, 2.05) is 4.57 Å². The molecule has 0 amide bonds. The van der Waals surface area contributed by atoms with Crippen molar-refractivity contribution in [1.82, 2.24) is 9.55 Å². The van der Waals surface area contributed by atoms with Crippen LogP contribution in [0.15, 0.2) is 35.6 Å². The van der Waals surface area contributed by atoms with Gasteiger partial charge in [0.2, 0.25) is 0 Å². The van der Waals surface area contributed by atoms with Gasteiger partial charge in [-0.3, -0.25) is 0 Å². The van der Waals surface area contributed by atoms with Gasteiger partial charge in [-0.1, -0.05) is 0 Å². The molecule has 2 aromatic rings. The predicted molar refractivity (Wildman–Crippen MR) is 74.3 cm³/mol. The van der Waals surface area contributed by atoms with Gasteiger partial charge in [-0.2, -0.15) is 0 Å². The van der Waals surface area contributed by atoms with Crippen LogP contribution in [0.25, 0.3) is 0 Å². The molecule has 5 nitrogen and oxygen atoms in total. The molecule has 0 saturated heterocycles. The SMILES string of the molecule is O=S(=O)(Cl)c1ccc(OCc2cncn2C2CC2)c(F)c1. The number of imidazole rings is 1. The molecular weight excluding hydrogens is 319 g/mol. The summed E-state index contributed by atoms with van der Waals surface area (Å²) in [5.41, 5.74) is 0.853. The lowest BCUT2D eigenvalue weighted by molar-refractivity contribution is 0.280. The van der Waals surface area contributed by atoms with Gasteiger partial charge in [-0.15, -0.1) is 0 Å². The minimum Gasteiger partial charge on any atom is -0.484 e. The van der Waals surface area contributed by atoms with Crippen LogP contribution in [-0.2, 0) is 15.7 Å². The molecule has 1 heterocycles. The Kier molecular flexibility index (Phi) is 3.62. The molecule has 1 fully saturated rings. The van der Waals surface area contributed by atoms with E-state index in [-0.39, 0.29) is 17.3 Å². The van der Waals surface area contributed by atoms with Crippen molar-refractivity contribution in [3.8, 4) is 5.75 Å². The lowest BCUT2D eigenvalue weighted by Gasteiger charge is -2.10. The molecule has 0 aliphatic heterocycles. The first kappa shape index (κ1) is 14.3. The van der Waals surface area contributed by atoms with Crippen LogP contribution in [0.2, 0.25) is 0 Å². The minimum atomic E-state index is -3.95. The van der Waals surface area contributed by atoms with Crippen LogP contribution in [0, 0.1) is 5.82 Å². The molecule has 0 unspecified atom stereocenters. The summed E-state index contributed by atoms with van der Waals surface area (Å²) in [5, 5.41) is 0. The zero-order valence-corrected chi connectivity index (χ0v) is 12.4. The van der Waals surface area contributed by atoms with Gasteiger partial charge >= 0.3 is 0 Å². The Labute approximate surface area is 125 Å². The number of hydrogen-bond donors (Lipinski definition) is 0. The fraction of sp³-hybridized carbons (Fsp3) is 0.308. The molecule has 0 bridgehead atoms. The van der Waals surface area contributed by atoms with Gasteiger partial charge in [0.05, 0.1) is 23.1 Å². The van der Waals surface area contributed by atoms with Crippen molar-refractivity contribution in [2.24, 2.45) is 0 Å². The van der Waals surface area contributed by atoms with Crippen LogP contribution in [0.1, 0.15) is 24.6 Å². The second kappa shape index (κ2) is 5.31. The summed E-state index contributed by atoms with van der Waals surface area (Å²) in [7, 11) is 1.21. The molecule has 1 aromatic carbocycles. The summed E-state index contributed by atoms with van der Waals surface area (Å²) >= 11 is 0.